The third-order valence-electron chi connectivity index (χ3n) is 6.42. The number of carbonyl (C=O) groups is 1. The van der Waals surface area contributed by atoms with Crippen molar-refractivity contribution in [1.29, 1.82) is 0 Å². The number of rotatable bonds is 6. The Bertz CT molecular complexity index is 1100. The Morgan fingerprint density at radius 2 is 1.90 bits per heavy atom. The molecule has 0 spiro atoms. The fourth-order valence-corrected chi connectivity index (χ4v) is 5.18. The van der Waals surface area contributed by atoms with E-state index in [1.165, 1.54) is 18.2 Å². The molecule has 0 saturated heterocycles. The van der Waals surface area contributed by atoms with Crippen LogP contribution in [-0.4, -0.2) is 37.2 Å². The molecule has 3 saturated carbocycles. The molecule has 3 aliphatic rings. The van der Waals surface area contributed by atoms with Crippen molar-refractivity contribution in [3.63, 3.8) is 0 Å². The lowest BCUT2D eigenvalue weighted by atomic mass is 9.86. The molecule has 5 rings (SSSR count). The summed E-state index contributed by atoms with van der Waals surface area (Å²) >= 11 is 1.27. The van der Waals surface area contributed by atoms with Gasteiger partial charge in [-0.3, -0.25) is 19.1 Å². The highest BCUT2D eigenvalue weighted by atomic mass is 32.2. The lowest BCUT2D eigenvalue weighted by molar-refractivity contribution is -0.119. The van der Waals surface area contributed by atoms with Gasteiger partial charge in [-0.2, -0.15) is 0 Å². The number of H-pyrrole nitrogens is 1. The van der Waals surface area contributed by atoms with Crippen LogP contribution in [0.15, 0.2) is 14.6 Å². The third-order valence-corrected chi connectivity index (χ3v) is 7.40. The monoisotopic (exact) mass is 429 g/mol. The minimum absolute atomic E-state index is 0.0366. The van der Waals surface area contributed by atoms with Crippen LogP contribution in [0.5, 0.6) is 0 Å². The molecule has 9 heteroatoms. The zero-order chi connectivity index (χ0) is 20.8. The molecule has 2 aromatic heterocycles. The third kappa shape index (κ3) is 3.91. The van der Waals surface area contributed by atoms with Gasteiger partial charge >= 0.3 is 5.69 Å². The molecule has 8 nitrogen and oxygen atoms in total. The smallest absolute Gasteiger partial charge is 0.330 e. The van der Waals surface area contributed by atoms with Gasteiger partial charge < -0.3 is 5.32 Å². The van der Waals surface area contributed by atoms with Gasteiger partial charge in [-0.25, -0.2) is 14.8 Å². The van der Waals surface area contributed by atoms with E-state index in [0.29, 0.717) is 27.8 Å². The molecular weight excluding hydrogens is 402 g/mol. The minimum atomic E-state index is -0.474. The van der Waals surface area contributed by atoms with Gasteiger partial charge in [0.2, 0.25) is 5.91 Å². The van der Waals surface area contributed by atoms with Crippen molar-refractivity contribution in [3.8, 4) is 0 Å². The number of aromatic amines is 1. The van der Waals surface area contributed by atoms with Gasteiger partial charge in [-0.15, -0.1) is 0 Å². The number of fused-ring (bicyclic) bond motifs is 1. The van der Waals surface area contributed by atoms with Crippen molar-refractivity contribution in [2.45, 2.75) is 81.3 Å². The second-order valence-corrected chi connectivity index (χ2v) is 9.91. The zero-order valence-electron chi connectivity index (χ0n) is 17.1. The van der Waals surface area contributed by atoms with Crippen molar-refractivity contribution in [3.05, 3.63) is 26.7 Å². The van der Waals surface area contributed by atoms with E-state index in [0.717, 1.165) is 44.9 Å². The van der Waals surface area contributed by atoms with Gasteiger partial charge in [0.15, 0.2) is 5.65 Å². The SMILES string of the molecule is CC1CCCCC1NC(=O)CSc1nc(C2CC2)nc2c1c(=O)[nH]c(=O)n2C1CC1. The second kappa shape index (κ2) is 7.83. The number of aromatic nitrogens is 4. The summed E-state index contributed by atoms with van der Waals surface area (Å²) < 4.78 is 1.61. The van der Waals surface area contributed by atoms with Crippen LogP contribution in [0.3, 0.4) is 0 Å². The van der Waals surface area contributed by atoms with E-state index in [4.69, 9.17) is 0 Å². The van der Waals surface area contributed by atoms with Crippen LogP contribution in [-0.2, 0) is 4.79 Å². The Morgan fingerprint density at radius 3 is 2.60 bits per heavy atom. The van der Waals surface area contributed by atoms with E-state index in [1.54, 1.807) is 4.57 Å². The Labute approximate surface area is 178 Å². The fraction of sp³-hybridized carbons (Fsp3) is 0.667. The highest BCUT2D eigenvalue weighted by Crippen LogP contribution is 2.40. The molecule has 0 radical (unpaired) electrons. The maximum Gasteiger partial charge on any atom is 0.330 e. The molecular formula is C21H27N5O3S. The van der Waals surface area contributed by atoms with Crippen LogP contribution >= 0.6 is 11.8 Å². The van der Waals surface area contributed by atoms with E-state index in [-0.39, 0.29) is 29.7 Å². The molecule has 160 valence electrons. The Kier molecular flexibility index (Phi) is 5.16. The molecule has 3 aliphatic carbocycles. The Hall–Kier alpha value is -2.16. The highest BCUT2D eigenvalue weighted by Gasteiger charge is 2.32. The first-order chi connectivity index (χ1) is 14.5. The predicted octanol–water partition coefficient (Wildman–Crippen LogP) is 2.48. The average Bonchev–Trinajstić information content (AvgIpc) is 3.61. The van der Waals surface area contributed by atoms with E-state index in [1.807, 2.05) is 0 Å². The lowest BCUT2D eigenvalue weighted by Gasteiger charge is -2.29. The summed E-state index contributed by atoms with van der Waals surface area (Å²) in [4.78, 5) is 49.4. The first-order valence-corrected chi connectivity index (χ1v) is 12.0. The number of thioether (sulfide) groups is 1. The highest BCUT2D eigenvalue weighted by molar-refractivity contribution is 8.00. The number of nitrogens with one attached hydrogen (secondary N) is 2. The normalized spacial score (nSPS) is 24.2. The van der Waals surface area contributed by atoms with Crippen LogP contribution in [0.1, 0.15) is 76.1 Å². The number of hydrogen-bond acceptors (Lipinski definition) is 6. The molecule has 3 fully saturated rings. The van der Waals surface area contributed by atoms with E-state index < -0.39 is 11.2 Å². The average molecular weight is 430 g/mol. The zero-order valence-corrected chi connectivity index (χ0v) is 18.0. The summed E-state index contributed by atoms with van der Waals surface area (Å²) in [5.74, 6) is 1.62. The van der Waals surface area contributed by atoms with Gasteiger partial charge in [0.05, 0.1) is 5.75 Å². The van der Waals surface area contributed by atoms with Crippen LogP contribution < -0.4 is 16.6 Å². The van der Waals surface area contributed by atoms with Crippen LogP contribution in [0.25, 0.3) is 11.0 Å². The summed E-state index contributed by atoms with van der Waals surface area (Å²) in [6.07, 6.45) is 8.41. The predicted molar refractivity (Wildman–Crippen MR) is 115 cm³/mol. The summed E-state index contributed by atoms with van der Waals surface area (Å²) in [6.45, 7) is 2.19. The first-order valence-electron chi connectivity index (χ1n) is 11.0. The van der Waals surface area contributed by atoms with Crippen LogP contribution in [0, 0.1) is 5.92 Å². The van der Waals surface area contributed by atoms with Crippen molar-refractivity contribution in [1.82, 2.24) is 24.8 Å². The topological polar surface area (TPSA) is 110 Å². The molecule has 2 aromatic rings. The molecule has 2 atom stereocenters. The number of carbonyl (C=O) groups excluding carboxylic acids is 1. The molecule has 2 N–H and O–H groups in total. The molecule has 0 aliphatic heterocycles. The van der Waals surface area contributed by atoms with Gasteiger partial charge in [-0.05, 0) is 44.4 Å². The molecule has 0 aromatic carbocycles. The molecule has 0 bridgehead atoms. The maximum absolute atomic E-state index is 12.7. The van der Waals surface area contributed by atoms with Gasteiger partial charge in [0, 0.05) is 18.0 Å². The Balaban J connectivity index is 1.44. The number of hydrogen-bond donors (Lipinski definition) is 2. The van der Waals surface area contributed by atoms with Crippen molar-refractivity contribution < 1.29 is 4.79 Å². The number of nitrogens with zero attached hydrogens (tertiary/aromatic N) is 3. The molecule has 2 unspecified atom stereocenters. The van der Waals surface area contributed by atoms with Crippen LogP contribution in [0.2, 0.25) is 0 Å². The summed E-state index contributed by atoms with van der Waals surface area (Å²) in [5, 5.41) is 3.99. The summed E-state index contributed by atoms with van der Waals surface area (Å²) in [6, 6.07) is 0.312. The van der Waals surface area contributed by atoms with E-state index in [2.05, 4.69) is 27.2 Å². The van der Waals surface area contributed by atoms with E-state index in [9.17, 15) is 14.4 Å². The van der Waals surface area contributed by atoms with Crippen molar-refractivity contribution >= 4 is 28.7 Å². The Morgan fingerprint density at radius 1 is 1.13 bits per heavy atom. The standard InChI is InChI=1S/C21H27N5O3S/c1-11-4-2-3-5-14(11)22-15(27)10-30-20-16-18(23-17(24-20)12-6-7-12)26(13-8-9-13)21(29)25-19(16)28/h11-14H,2-10H2,1H3,(H,22,27)(H,25,28,29). The van der Waals surface area contributed by atoms with Crippen molar-refractivity contribution in [2.24, 2.45) is 5.92 Å². The fourth-order valence-electron chi connectivity index (χ4n) is 4.35. The first kappa shape index (κ1) is 19.8. The molecule has 1 amide bonds. The number of amides is 1. The minimum Gasteiger partial charge on any atom is -0.352 e. The quantitative estimate of drug-likeness (QED) is 0.539. The maximum atomic E-state index is 12.7. The van der Waals surface area contributed by atoms with Gasteiger partial charge in [-0.1, -0.05) is 31.5 Å². The largest absolute Gasteiger partial charge is 0.352 e. The lowest BCUT2D eigenvalue weighted by Crippen LogP contribution is -2.41. The van der Waals surface area contributed by atoms with Gasteiger partial charge in [0.25, 0.3) is 5.56 Å². The van der Waals surface area contributed by atoms with Crippen molar-refractivity contribution in [2.75, 3.05) is 5.75 Å². The van der Waals surface area contributed by atoms with Crippen LogP contribution in [0.4, 0.5) is 0 Å². The molecule has 30 heavy (non-hydrogen) atoms. The summed E-state index contributed by atoms with van der Waals surface area (Å²) in [5.41, 5.74) is -0.458. The second-order valence-electron chi connectivity index (χ2n) is 8.94. The molecule has 2 heterocycles. The van der Waals surface area contributed by atoms with E-state index >= 15 is 0 Å². The van der Waals surface area contributed by atoms with Gasteiger partial charge in [0.1, 0.15) is 16.2 Å². The summed E-state index contributed by atoms with van der Waals surface area (Å²) in [7, 11) is 0.